The topological polar surface area (TPSA) is 179 Å². The number of nitrogens with one attached hydrogen (secondary N) is 1. The minimum atomic E-state index is -2.15. The molecule has 0 spiro atoms. The molecule has 5 atom stereocenters. The molecule has 0 bridgehead atoms. The minimum Gasteiger partial charge on any atom is -0.462 e. The molecule has 0 unspecified atom stereocenters. The van der Waals surface area contributed by atoms with Gasteiger partial charge in [-0.25, -0.2) is 0 Å². The third-order valence-electron chi connectivity index (χ3n) is 3.50. The zero-order chi connectivity index (χ0) is 20.4. The number of halogens is 1. The molecule has 0 aromatic carbocycles. The van der Waals surface area contributed by atoms with Crippen molar-refractivity contribution in [3.05, 3.63) is 0 Å². The van der Waals surface area contributed by atoms with Gasteiger partial charge in [0.15, 0.2) is 6.10 Å². The Morgan fingerprint density at radius 1 is 1.07 bits per heavy atom. The normalized spacial score (nSPS) is 16.5. The van der Waals surface area contributed by atoms with Crippen LogP contribution in [0.4, 0.5) is 0 Å². The molecule has 11 heteroatoms. The molecule has 160 valence electrons. The number of amides is 2. The number of ether oxygens (including phenoxy) is 1. The van der Waals surface area contributed by atoms with Gasteiger partial charge in [-0.2, -0.15) is 0 Å². The summed E-state index contributed by atoms with van der Waals surface area (Å²) in [6.07, 6.45) is -7.12. The molecule has 27 heavy (non-hydrogen) atoms. The molecule has 0 aliphatic heterocycles. The summed E-state index contributed by atoms with van der Waals surface area (Å²) < 4.78 is 4.75. The summed E-state index contributed by atoms with van der Waals surface area (Å²) in [4.78, 5) is 34.6. The van der Waals surface area contributed by atoms with Crippen LogP contribution in [-0.2, 0) is 19.1 Å². The zero-order valence-electron chi connectivity index (χ0n) is 15.7. The number of aliphatic hydroxyl groups is 4. The van der Waals surface area contributed by atoms with Crippen molar-refractivity contribution in [1.29, 1.82) is 0 Å². The first-order chi connectivity index (χ1) is 12.0. The molecule has 0 rings (SSSR count). The molecule has 0 heterocycles. The van der Waals surface area contributed by atoms with Gasteiger partial charge in [0.25, 0.3) is 5.91 Å². The monoisotopic (exact) mass is 414 g/mol. The fourth-order valence-electron chi connectivity index (χ4n) is 2.05. The van der Waals surface area contributed by atoms with Crippen LogP contribution in [0.5, 0.6) is 0 Å². The van der Waals surface area contributed by atoms with Crippen molar-refractivity contribution < 1.29 is 39.5 Å². The highest BCUT2D eigenvalue weighted by Gasteiger charge is 2.35. The van der Waals surface area contributed by atoms with E-state index >= 15 is 0 Å². The molecule has 10 nitrogen and oxygen atoms in total. The van der Waals surface area contributed by atoms with Gasteiger partial charge in [0.1, 0.15) is 31.0 Å². The van der Waals surface area contributed by atoms with Crippen molar-refractivity contribution in [2.45, 2.75) is 70.5 Å². The lowest BCUT2D eigenvalue weighted by molar-refractivity contribution is -0.161. The van der Waals surface area contributed by atoms with E-state index in [4.69, 9.17) is 10.5 Å². The molecule has 2 amide bonds. The molecule has 0 saturated heterocycles. The predicted molar refractivity (Wildman–Crippen MR) is 97.7 cm³/mol. The van der Waals surface area contributed by atoms with Crippen LogP contribution >= 0.6 is 12.4 Å². The van der Waals surface area contributed by atoms with Crippen LogP contribution in [0, 0.1) is 5.92 Å². The second-order valence-electron chi connectivity index (χ2n) is 6.52. The molecular weight excluding hydrogens is 384 g/mol. The Morgan fingerprint density at radius 2 is 1.63 bits per heavy atom. The van der Waals surface area contributed by atoms with E-state index in [-0.39, 0.29) is 24.7 Å². The number of hydrogen-bond donors (Lipinski definition) is 6. The average molecular weight is 415 g/mol. The van der Waals surface area contributed by atoms with Crippen molar-refractivity contribution in [3.8, 4) is 0 Å². The minimum absolute atomic E-state index is 0. The number of imide groups is 1. The molecule has 7 N–H and O–H groups in total. The molecule has 0 aromatic heterocycles. The summed E-state index contributed by atoms with van der Waals surface area (Å²) in [5, 5.41) is 40.8. The first kappa shape index (κ1) is 27.9. The largest absolute Gasteiger partial charge is 0.462 e. The first-order valence-corrected chi connectivity index (χ1v) is 8.49. The van der Waals surface area contributed by atoms with Gasteiger partial charge in [0.2, 0.25) is 5.91 Å². The number of nitrogens with two attached hydrogens (primary N) is 1. The maximum atomic E-state index is 11.6. The van der Waals surface area contributed by atoms with Gasteiger partial charge in [-0.15, -0.1) is 12.4 Å². The third-order valence-corrected chi connectivity index (χ3v) is 3.50. The van der Waals surface area contributed by atoms with Crippen LogP contribution in [0.3, 0.4) is 0 Å². The molecule has 0 radical (unpaired) electrons. The summed E-state index contributed by atoms with van der Waals surface area (Å²) in [5.41, 5.74) is 5.61. The van der Waals surface area contributed by atoms with Crippen LogP contribution in [-0.4, -0.2) is 75.3 Å². The third kappa shape index (κ3) is 10.6. The van der Waals surface area contributed by atoms with Gasteiger partial charge in [0.05, 0.1) is 0 Å². The molecule has 0 aliphatic rings. The number of rotatable bonds is 11. The smallest absolute Gasteiger partial charge is 0.323 e. The Labute approximate surface area is 164 Å². The Bertz CT molecular complexity index is 477. The number of aliphatic hydroxyl groups excluding tert-OH is 4. The fourth-order valence-corrected chi connectivity index (χ4v) is 2.05. The SMILES string of the molecule is CCCC(=O)NC(=O)[C@H](O)[C@@H](O)[C@H](O)[C@H](O)COC(=O)[C@@H](N)CC(C)C.Cl. The predicted octanol–water partition coefficient (Wildman–Crippen LogP) is -1.79. The summed E-state index contributed by atoms with van der Waals surface area (Å²) in [6, 6.07) is -0.898. The Hall–Kier alpha value is -1.30. The molecule has 0 saturated carbocycles. The lowest BCUT2D eigenvalue weighted by Gasteiger charge is -2.26. The highest BCUT2D eigenvalue weighted by Crippen LogP contribution is 2.08. The maximum Gasteiger partial charge on any atom is 0.323 e. The van der Waals surface area contributed by atoms with Crippen molar-refractivity contribution in [2.24, 2.45) is 11.7 Å². The van der Waals surface area contributed by atoms with E-state index in [1.54, 1.807) is 6.92 Å². The number of esters is 1. The number of carbonyl (C=O) groups excluding carboxylic acids is 3. The van der Waals surface area contributed by atoms with Gasteiger partial charge in [0, 0.05) is 6.42 Å². The number of carbonyl (C=O) groups is 3. The van der Waals surface area contributed by atoms with E-state index in [0.717, 1.165) is 0 Å². The van der Waals surface area contributed by atoms with Crippen LogP contribution in [0.25, 0.3) is 0 Å². The van der Waals surface area contributed by atoms with E-state index in [1.165, 1.54) is 0 Å². The second-order valence-corrected chi connectivity index (χ2v) is 6.52. The van der Waals surface area contributed by atoms with Crippen LogP contribution in [0.1, 0.15) is 40.0 Å². The van der Waals surface area contributed by atoms with Gasteiger partial charge >= 0.3 is 5.97 Å². The van der Waals surface area contributed by atoms with Crippen LogP contribution in [0.15, 0.2) is 0 Å². The van der Waals surface area contributed by atoms with Crippen molar-refractivity contribution in [2.75, 3.05) is 6.61 Å². The highest BCUT2D eigenvalue weighted by molar-refractivity contribution is 5.97. The highest BCUT2D eigenvalue weighted by atomic mass is 35.5. The van der Waals surface area contributed by atoms with Gasteiger partial charge < -0.3 is 30.9 Å². The van der Waals surface area contributed by atoms with Gasteiger partial charge in [-0.05, 0) is 18.8 Å². The Kier molecular flexibility index (Phi) is 14.3. The molecule has 0 aromatic rings. The number of hydrogen-bond acceptors (Lipinski definition) is 9. The summed E-state index contributed by atoms with van der Waals surface area (Å²) in [5.74, 6) is -2.49. The second kappa shape index (κ2) is 13.8. The zero-order valence-corrected chi connectivity index (χ0v) is 16.5. The fraction of sp³-hybridized carbons (Fsp3) is 0.812. The van der Waals surface area contributed by atoms with E-state index in [2.05, 4.69) is 0 Å². The summed E-state index contributed by atoms with van der Waals surface area (Å²) in [6.45, 7) is 4.75. The van der Waals surface area contributed by atoms with E-state index in [1.807, 2.05) is 19.2 Å². The average Bonchev–Trinajstić information content (AvgIpc) is 2.56. The van der Waals surface area contributed by atoms with E-state index in [9.17, 15) is 34.8 Å². The molecule has 0 fully saturated rings. The molecular formula is C16H31ClN2O8. The van der Waals surface area contributed by atoms with Gasteiger partial charge in [-0.3, -0.25) is 19.7 Å². The lowest BCUT2D eigenvalue weighted by Crippen LogP contribution is -2.53. The summed E-state index contributed by atoms with van der Waals surface area (Å²) >= 11 is 0. The standard InChI is InChI=1S/C16H30N2O8.ClH/c1-4-5-11(20)18-15(24)14(23)13(22)12(21)10(19)7-26-16(25)9(17)6-8(2)3;/h8-10,12-14,19,21-23H,4-7,17H2,1-3H3,(H,18,20,24);1H/t9-,10+,12+,13-,14+;/m0./s1. The summed E-state index contributed by atoms with van der Waals surface area (Å²) in [7, 11) is 0. The molecule has 0 aliphatic carbocycles. The first-order valence-electron chi connectivity index (χ1n) is 8.49. The van der Waals surface area contributed by atoms with Crippen LogP contribution in [0.2, 0.25) is 0 Å². The van der Waals surface area contributed by atoms with Crippen molar-refractivity contribution >= 4 is 30.2 Å². The Balaban J connectivity index is 0. The maximum absolute atomic E-state index is 11.6. The van der Waals surface area contributed by atoms with Crippen LogP contribution < -0.4 is 11.1 Å². The van der Waals surface area contributed by atoms with Crippen molar-refractivity contribution in [3.63, 3.8) is 0 Å². The lowest BCUT2D eigenvalue weighted by atomic mass is 10.0. The Morgan fingerprint density at radius 3 is 2.11 bits per heavy atom. The van der Waals surface area contributed by atoms with E-state index in [0.29, 0.717) is 12.8 Å². The van der Waals surface area contributed by atoms with Crippen molar-refractivity contribution in [1.82, 2.24) is 5.32 Å². The quantitative estimate of drug-likeness (QED) is 0.213. The van der Waals surface area contributed by atoms with E-state index < -0.39 is 54.8 Å². The van der Waals surface area contributed by atoms with Gasteiger partial charge in [-0.1, -0.05) is 20.8 Å².